The van der Waals surface area contributed by atoms with E-state index in [-0.39, 0.29) is 62.0 Å². The van der Waals surface area contributed by atoms with Gasteiger partial charge in [0.1, 0.15) is 23.0 Å². The van der Waals surface area contributed by atoms with E-state index in [1.165, 1.54) is 25.3 Å². The zero-order valence-electron chi connectivity index (χ0n) is 10.8. The maximum atomic E-state index is 11.1. The van der Waals surface area contributed by atoms with Gasteiger partial charge in [0.25, 0.3) is 10.1 Å². The fourth-order valence-electron chi connectivity index (χ4n) is 1.69. The van der Waals surface area contributed by atoms with Gasteiger partial charge >= 0.3 is 51.4 Å². The van der Waals surface area contributed by atoms with E-state index in [1.54, 1.807) is 0 Å². The van der Waals surface area contributed by atoms with E-state index < -0.39 is 10.1 Å². The van der Waals surface area contributed by atoms with Gasteiger partial charge in [-0.3, -0.25) is 4.55 Å². The van der Waals surface area contributed by atoms with Crippen molar-refractivity contribution in [3.63, 3.8) is 0 Å². The van der Waals surface area contributed by atoms with Gasteiger partial charge in [0, 0.05) is 6.07 Å². The molecule has 0 aromatic heterocycles. The Bertz CT molecular complexity index is 686. The molecule has 0 aliphatic carbocycles. The van der Waals surface area contributed by atoms with Crippen LogP contribution in [0, 0.1) is 0 Å². The molecule has 0 saturated carbocycles. The van der Waals surface area contributed by atoms with Crippen molar-refractivity contribution in [2.75, 3.05) is 7.11 Å². The number of methoxy groups -OCH3 is 1. The van der Waals surface area contributed by atoms with E-state index in [1.807, 2.05) is 30.3 Å². The molecular formula is C14H15KO5S. The summed E-state index contributed by atoms with van der Waals surface area (Å²) in [6, 6.07) is 13.7. The minimum absolute atomic E-state index is 0. The summed E-state index contributed by atoms with van der Waals surface area (Å²) < 4.78 is 41.8. The van der Waals surface area contributed by atoms with Gasteiger partial charge in [-0.1, -0.05) is 30.3 Å². The molecule has 2 aromatic rings. The van der Waals surface area contributed by atoms with Crippen molar-refractivity contribution in [3.05, 3.63) is 54.1 Å². The van der Waals surface area contributed by atoms with Gasteiger partial charge in [-0.15, -0.1) is 0 Å². The molecule has 108 valence electrons. The van der Waals surface area contributed by atoms with Crippen molar-refractivity contribution in [2.24, 2.45) is 0 Å². The second-order valence-corrected chi connectivity index (χ2v) is 5.45. The molecule has 0 aliphatic rings. The predicted molar refractivity (Wildman–Crippen MR) is 80.7 cm³/mol. The van der Waals surface area contributed by atoms with Gasteiger partial charge in [-0.25, -0.2) is 0 Å². The second-order valence-electron chi connectivity index (χ2n) is 4.06. The summed E-state index contributed by atoms with van der Waals surface area (Å²) in [6.07, 6.45) is 0. The second kappa shape index (κ2) is 8.28. The van der Waals surface area contributed by atoms with Gasteiger partial charge < -0.3 is 9.47 Å². The van der Waals surface area contributed by atoms with E-state index >= 15 is 0 Å². The maximum absolute atomic E-state index is 11.1. The average Bonchev–Trinajstić information content (AvgIpc) is 2.45. The van der Waals surface area contributed by atoms with Crippen LogP contribution in [0.4, 0.5) is 0 Å². The average molecular weight is 334 g/mol. The Balaban J connectivity index is 0.00000220. The molecule has 0 amide bonds. The normalized spacial score (nSPS) is 10.6. The van der Waals surface area contributed by atoms with Crippen molar-refractivity contribution >= 4 is 61.5 Å². The Hall–Kier alpha value is -0.414. The van der Waals surface area contributed by atoms with Gasteiger partial charge in [-0.2, -0.15) is 8.42 Å². The Morgan fingerprint density at radius 3 is 2.33 bits per heavy atom. The molecule has 0 radical (unpaired) electrons. The number of ether oxygens (including phenoxy) is 2. The Morgan fingerprint density at radius 2 is 1.76 bits per heavy atom. The van der Waals surface area contributed by atoms with Crippen LogP contribution in [0.25, 0.3) is 0 Å². The van der Waals surface area contributed by atoms with Crippen molar-refractivity contribution in [2.45, 2.75) is 11.5 Å². The summed E-state index contributed by atoms with van der Waals surface area (Å²) in [7, 11) is -2.99. The van der Waals surface area contributed by atoms with Crippen molar-refractivity contribution in [1.29, 1.82) is 0 Å². The Morgan fingerprint density at radius 1 is 1.10 bits per heavy atom. The summed E-state index contributed by atoms with van der Waals surface area (Å²) in [5.74, 6) is 0.496. The van der Waals surface area contributed by atoms with Crippen LogP contribution >= 0.6 is 0 Å². The molecule has 5 nitrogen and oxygen atoms in total. The molecule has 2 aromatic carbocycles. The first kappa shape index (κ1) is 18.6. The Labute approximate surface area is 166 Å². The summed E-state index contributed by atoms with van der Waals surface area (Å²) in [5, 5.41) is 0. The van der Waals surface area contributed by atoms with Crippen LogP contribution in [0.15, 0.2) is 53.4 Å². The summed E-state index contributed by atoms with van der Waals surface area (Å²) >= 11 is 0. The fraction of sp³-hybridized carbons (Fsp3) is 0.143. The minimum atomic E-state index is -4.31. The molecule has 0 aliphatic heterocycles. The molecule has 0 bridgehead atoms. The topological polar surface area (TPSA) is 72.8 Å². The van der Waals surface area contributed by atoms with Crippen LogP contribution in [0.3, 0.4) is 0 Å². The van der Waals surface area contributed by atoms with E-state index in [4.69, 9.17) is 14.0 Å². The number of benzene rings is 2. The van der Waals surface area contributed by atoms with Crippen LogP contribution in [-0.2, 0) is 16.7 Å². The summed E-state index contributed by atoms with van der Waals surface area (Å²) in [6.45, 7) is 0.356. The third-order valence-electron chi connectivity index (χ3n) is 2.66. The first-order chi connectivity index (χ1) is 9.50. The zero-order valence-corrected chi connectivity index (χ0v) is 11.6. The molecule has 0 unspecified atom stereocenters. The third-order valence-corrected chi connectivity index (χ3v) is 3.55. The van der Waals surface area contributed by atoms with Crippen LogP contribution in [0.1, 0.15) is 5.56 Å². The van der Waals surface area contributed by atoms with Crippen LogP contribution in [-0.4, -0.2) is 71.5 Å². The fourth-order valence-corrected chi connectivity index (χ4v) is 2.33. The molecule has 0 heterocycles. The molecule has 0 atom stereocenters. The van der Waals surface area contributed by atoms with Crippen LogP contribution < -0.4 is 9.47 Å². The van der Waals surface area contributed by atoms with Gasteiger partial charge in [0.15, 0.2) is 0 Å². The first-order valence-electron chi connectivity index (χ1n) is 5.83. The standard InChI is InChI=1S/C14H14O5S.K.H/c1-18-13-9-12(7-8-14(13)20(15,16)17)19-10-11-5-3-2-4-6-11;;/h2-9H,10H2,1H3,(H,15,16,17);;. The third kappa shape index (κ3) is 5.37. The van der Waals surface area contributed by atoms with E-state index in [0.29, 0.717) is 12.4 Å². The van der Waals surface area contributed by atoms with Crippen molar-refractivity contribution in [1.82, 2.24) is 0 Å². The van der Waals surface area contributed by atoms with Crippen LogP contribution in [0.2, 0.25) is 0 Å². The molecule has 2 rings (SSSR count). The van der Waals surface area contributed by atoms with E-state index in [9.17, 15) is 8.42 Å². The summed E-state index contributed by atoms with van der Waals surface area (Å²) in [4.78, 5) is -0.285. The number of hydrogen-bond acceptors (Lipinski definition) is 4. The van der Waals surface area contributed by atoms with Gasteiger partial charge in [0.2, 0.25) is 0 Å². The van der Waals surface area contributed by atoms with Gasteiger partial charge in [-0.05, 0) is 17.7 Å². The van der Waals surface area contributed by atoms with Crippen molar-refractivity contribution in [3.8, 4) is 11.5 Å². The number of rotatable bonds is 5. The van der Waals surface area contributed by atoms with Gasteiger partial charge in [0.05, 0.1) is 7.11 Å². The van der Waals surface area contributed by atoms with E-state index in [0.717, 1.165) is 5.56 Å². The monoisotopic (exact) mass is 334 g/mol. The predicted octanol–water partition coefficient (Wildman–Crippen LogP) is 1.87. The molecule has 21 heavy (non-hydrogen) atoms. The molecule has 0 saturated heterocycles. The molecule has 0 fully saturated rings. The quantitative estimate of drug-likeness (QED) is 0.667. The van der Waals surface area contributed by atoms with Crippen LogP contribution in [0.5, 0.6) is 11.5 Å². The molecule has 7 heteroatoms. The SMILES string of the molecule is COc1cc(OCc2ccccc2)ccc1S(=O)(=O)O.[KH]. The Kier molecular flexibility index (Phi) is 7.35. The molecule has 0 spiro atoms. The van der Waals surface area contributed by atoms with E-state index in [2.05, 4.69) is 0 Å². The molecular weight excluding hydrogens is 319 g/mol. The zero-order chi connectivity index (χ0) is 14.6. The van der Waals surface area contributed by atoms with Crippen molar-refractivity contribution < 1.29 is 22.4 Å². The summed E-state index contributed by atoms with van der Waals surface area (Å²) in [5.41, 5.74) is 0.991. The number of hydrogen-bond donors (Lipinski definition) is 1. The first-order valence-corrected chi connectivity index (χ1v) is 7.27. The molecule has 1 N–H and O–H groups in total.